The number of furan rings is 1. The zero-order valence-corrected chi connectivity index (χ0v) is 12.3. The molecule has 108 valence electrons. The fraction of sp³-hybridized carbons (Fsp3) is 0.176. The van der Waals surface area contributed by atoms with E-state index in [0.717, 1.165) is 22.3 Å². The zero-order valence-electron chi connectivity index (χ0n) is 11.5. The van der Waals surface area contributed by atoms with E-state index in [-0.39, 0.29) is 0 Å². The number of aliphatic hydroxyl groups excluding tert-OH is 1. The van der Waals surface area contributed by atoms with Crippen LogP contribution in [0, 0.1) is 0 Å². The molecule has 3 nitrogen and oxygen atoms in total. The molecule has 1 atom stereocenters. The number of hydrogen-bond donors (Lipinski definition) is 1. The summed E-state index contributed by atoms with van der Waals surface area (Å²) in [6, 6.07) is 14.8. The predicted molar refractivity (Wildman–Crippen MR) is 82.9 cm³/mol. The van der Waals surface area contributed by atoms with Crippen molar-refractivity contribution in [3.8, 4) is 5.75 Å². The van der Waals surface area contributed by atoms with Crippen LogP contribution in [0.25, 0.3) is 11.0 Å². The minimum Gasteiger partial charge on any atom is -0.497 e. The molecular weight excluding hydrogens is 288 g/mol. The molecule has 0 aliphatic heterocycles. The maximum Gasteiger partial charge on any atom is 0.134 e. The van der Waals surface area contributed by atoms with Crippen LogP contribution in [0.3, 0.4) is 0 Å². The lowest BCUT2D eigenvalue weighted by Crippen LogP contribution is -2.00. The highest BCUT2D eigenvalue weighted by atomic mass is 35.5. The van der Waals surface area contributed by atoms with E-state index in [1.165, 1.54) is 0 Å². The fourth-order valence-corrected chi connectivity index (χ4v) is 2.46. The minimum atomic E-state index is -0.690. The van der Waals surface area contributed by atoms with Crippen molar-refractivity contribution < 1.29 is 14.3 Å². The molecule has 0 saturated carbocycles. The molecule has 1 N–H and O–H groups in total. The molecule has 0 radical (unpaired) electrons. The van der Waals surface area contributed by atoms with Crippen molar-refractivity contribution >= 4 is 22.6 Å². The summed E-state index contributed by atoms with van der Waals surface area (Å²) in [5.41, 5.74) is 1.74. The van der Waals surface area contributed by atoms with E-state index in [1.807, 2.05) is 36.4 Å². The topological polar surface area (TPSA) is 42.6 Å². The number of halogens is 1. The zero-order chi connectivity index (χ0) is 14.8. The van der Waals surface area contributed by atoms with Crippen LogP contribution in [0.4, 0.5) is 0 Å². The Morgan fingerprint density at radius 2 is 1.90 bits per heavy atom. The lowest BCUT2D eigenvalue weighted by Gasteiger charge is -2.08. The highest BCUT2D eigenvalue weighted by Crippen LogP contribution is 2.28. The molecule has 0 aliphatic carbocycles. The van der Waals surface area contributed by atoms with Crippen LogP contribution in [-0.2, 0) is 6.42 Å². The van der Waals surface area contributed by atoms with Crippen molar-refractivity contribution in [1.82, 2.24) is 0 Å². The molecule has 0 saturated heterocycles. The second kappa shape index (κ2) is 5.80. The highest BCUT2D eigenvalue weighted by molar-refractivity contribution is 6.31. The average Bonchev–Trinajstić information content (AvgIpc) is 2.91. The van der Waals surface area contributed by atoms with Crippen LogP contribution in [0.1, 0.15) is 17.4 Å². The molecule has 0 bridgehead atoms. The van der Waals surface area contributed by atoms with Crippen molar-refractivity contribution in [3.63, 3.8) is 0 Å². The van der Waals surface area contributed by atoms with E-state index in [2.05, 4.69) is 0 Å². The van der Waals surface area contributed by atoms with Gasteiger partial charge in [-0.05, 0) is 42.0 Å². The molecule has 1 aromatic heterocycles. The Kier molecular flexibility index (Phi) is 3.86. The molecule has 1 heterocycles. The number of ether oxygens (including phenoxy) is 1. The summed E-state index contributed by atoms with van der Waals surface area (Å²) in [5, 5.41) is 11.9. The summed E-state index contributed by atoms with van der Waals surface area (Å²) in [6.45, 7) is 0. The molecule has 0 amide bonds. The standard InChI is InChI=1S/C17H15ClO3/c1-20-14-5-2-11(3-6-14)8-15(19)17-10-12-9-13(18)4-7-16(12)21-17/h2-7,9-10,15,19H,8H2,1H3. The van der Waals surface area contributed by atoms with Gasteiger partial charge in [0.2, 0.25) is 0 Å². The Labute approximate surface area is 127 Å². The van der Waals surface area contributed by atoms with Gasteiger partial charge < -0.3 is 14.3 Å². The van der Waals surface area contributed by atoms with E-state index in [1.54, 1.807) is 19.2 Å². The Morgan fingerprint density at radius 3 is 2.62 bits per heavy atom. The van der Waals surface area contributed by atoms with Gasteiger partial charge in [-0.3, -0.25) is 0 Å². The quantitative estimate of drug-likeness (QED) is 0.778. The van der Waals surface area contributed by atoms with Gasteiger partial charge in [-0.2, -0.15) is 0 Å². The van der Waals surface area contributed by atoms with E-state index in [4.69, 9.17) is 20.8 Å². The van der Waals surface area contributed by atoms with Gasteiger partial charge in [0.05, 0.1) is 7.11 Å². The SMILES string of the molecule is COc1ccc(CC(O)c2cc3cc(Cl)ccc3o2)cc1. The van der Waals surface area contributed by atoms with Gasteiger partial charge in [-0.25, -0.2) is 0 Å². The van der Waals surface area contributed by atoms with Gasteiger partial charge >= 0.3 is 0 Å². The molecule has 0 spiro atoms. The van der Waals surface area contributed by atoms with Crippen LogP contribution in [0.2, 0.25) is 5.02 Å². The van der Waals surface area contributed by atoms with E-state index >= 15 is 0 Å². The summed E-state index contributed by atoms with van der Waals surface area (Å²) < 4.78 is 10.8. The van der Waals surface area contributed by atoms with Gasteiger partial charge in [0, 0.05) is 16.8 Å². The molecule has 0 aliphatic rings. The lowest BCUT2D eigenvalue weighted by atomic mass is 10.1. The monoisotopic (exact) mass is 302 g/mol. The van der Waals surface area contributed by atoms with Crippen molar-refractivity contribution in [2.45, 2.75) is 12.5 Å². The summed E-state index contributed by atoms with van der Waals surface area (Å²) in [4.78, 5) is 0. The number of rotatable bonds is 4. The first-order chi connectivity index (χ1) is 10.2. The van der Waals surface area contributed by atoms with Crippen molar-refractivity contribution in [1.29, 1.82) is 0 Å². The Hall–Kier alpha value is -1.97. The third-order valence-corrected chi connectivity index (χ3v) is 3.65. The van der Waals surface area contributed by atoms with E-state index in [9.17, 15) is 5.11 Å². The van der Waals surface area contributed by atoms with E-state index < -0.39 is 6.10 Å². The molecular formula is C17H15ClO3. The predicted octanol–water partition coefficient (Wildman–Crippen LogP) is 4.37. The summed E-state index contributed by atoms with van der Waals surface area (Å²) in [6.07, 6.45) is -0.207. The van der Waals surface area contributed by atoms with Gasteiger partial charge in [0.1, 0.15) is 23.2 Å². The molecule has 2 aromatic carbocycles. The number of aliphatic hydroxyl groups is 1. The average molecular weight is 303 g/mol. The van der Waals surface area contributed by atoms with Crippen LogP contribution in [-0.4, -0.2) is 12.2 Å². The Bertz CT molecular complexity index is 746. The third kappa shape index (κ3) is 3.04. The first-order valence-electron chi connectivity index (χ1n) is 6.66. The second-order valence-electron chi connectivity index (χ2n) is 4.90. The van der Waals surface area contributed by atoms with Crippen molar-refractivity contribution in [3.05, 3.63) is 64.9 Å². The highest BCUT2D eigenvalue weighted by Gasteiger charge is 2.14. The van der Waals surface area contributed by atoms with Crippen molar-refractivity contribution in [2.75, 3.05) is 7.11 Å². The second-order valence-corrected chi connectivity index (χ2v) is 5.34. The lowest BCUT2D eigenvalue weighted by molar-refractivity contribution is 0.152. The van der Waals surface area contributed by atoms with Gasteiger partial charge in [0.25, 0.3) is 0 Å². The minimum absolute atomic E-state index is 0.484. The molecule has 3 rings (SSSR count). The number of fused-ring (bicyclic) bond motifs is 1. The first-order valence-corrected chi connectivity index (χ1v) is 7.03. The van der Waals surface area contributed by atoms with Crippen molar-refractivity contribution in [2.24, 2.45) is 0 Å². The molecule has 21 heavy (non-hydrogen) atoms. The first kappa shape index (κ1) is 14.0. The number of hydrogen-bond acceptors (Lipinski definition) is 3. The van der Waals surface area contributed by atoms with Gasteiger partial charge in [-0.15, -0.1) is 0 Å². The van der Waals surface area contributed by atoms with Gasteiger partial charge in [-0.1, -0.05) is 23.7 Å². The van der Waals surface area contributed by atoms with Crippen LogP contribution in [0.15, 0.2) is 52.9 Å². The van der Waals surface area contributed by atoms with Crippen LogP contribution >= 0.6 is 11.6 Å². The molecule has 3 aromatic rings. The Balaban J connectivity index is 1.80. The largest absolute Gasteiger partial charge is 0.497 e. The van der Waals surface area contributed by atoms with Crippen LogP contribution < -0.4 is 4.74 Å². The van der Waals surface area contributed by atoms with E-state index in [0.29, 0.717) is 17.2 Å². The third-order valence-electron chi connectivity index (χ3n) is 3.41. The summed E-state index contributed by atoms with van der Waals surface area (Å²) >= 11 is 5.95. The smallest absolute Gasteiger partial charge is 0.134 e. The normalized spacial score (nSPS) is 12.5. The number of benzene rings is 2. The molecule has 1 unspecified atom stereocenters. The number of methoxy groups -OCH3 is 1. The summed E-state index contributed by atoms with van der Waals surface area (Å²) in [5.74, 6) is 1.34. The fourth-order valence-electron chi connectivity index (χ4n) is 2.28. The van der Waals surface area contributed by atoms with Crippen LogP contribution in [0.5, 0.6) is 5.75 Å². The Morgan fingerprint density at radius 1 is 1.14 bits per heavy atom. The maximum atomic E-state index is 10.3. The molecule has 0 fully saturated rings. The maximum absolute atomic E-state index is 10.3. The van der Waals surface area contributed by atoms with Gasteiger partial charge in [0.15, 0.2) is 0 Å². The summed E-state index contributed by atoms with van der Waals surface area (Å²) in [7, 11) is 1.63. The molecule has 4 heteroatoms.